The van der Waals surface area contributed by atoms with E-state index in [2.05, 4.69) is 49.6 Å². The molecule has 5 rings (SSSR count). The Bertz CT molecular complexity index is 1340. The summed E-state index contributed by atoms with van der Waals surface area (Å²) in [6.45, 7) is 6.74. The highest BCUT2D eigenvalue weighted by Crippen LogP contribution is 2.22. The van der Waals surface area contributed by atoms with Gasteiger partial charge in [0.05, 0.1) is 11.9 Å². The molecule has 1 fully saturated rings. The van der Waals surface area contributed by atoms with Crippen molar-refractivity contribution < 1.29 is 4.79 Å². The van der Waals surface area contributed by atoms with Crippen LogP contribution < -0.4 is 11.1 Å². The van der Waals surface area contributed by atoms with Crippen LogP contribution in [0.3, 0.4) is 0 Å². The van der Waals surface area contributed by atoms with Crippen molar-refractivity contribution in [1.29, 1.82) is 0 Å². The third-order valence-electron chi connectivity index (χ3n) is 6.53. The first kappa shape index (κ1) is 22.8. The average molecular weight is 471 g/mol. The van der Waals surface area contributed by atoms with Crippen molar-refractivity contribution in [2.45, 2.75) is 52.7 Å². The van der Waals surface area contributed by atoms with Crippen LogP contribution in [0.4, 0.5) is 11.6 Å². The predicted molar refractivity (Wildman–Crippen MR) is 136 cm³/mol. The van der Waals surface area contributed by atoms with Crippen molar-refractivity contribution in [2.24, 2.45) is 0 Å². The number of nitrogens with one attached hydrogen (secondary N) is 1. The van der Waals surface area contributed by atoms with Crippen LogP contribution in [0.15, 0.2) is 42.9 Å². The van der Waals surface area contributed by atoms with Gasteiger partial charge in [0.25, 0.3) is 0 Å². The van der Waals surface area contributed by atoms with Crippen molar-refractivity contribution in [1.82, 2.24) is 29.6 Å². The molecule has 0 aliphatic carbocycles. The fraction of sp³-hybridized carbons (Fsp3) is 0.346. The van der Waals surface area contributed by atoms with Gasteiger partial charge >= 0.3 is 0 Å². The highest BCUT2D eigenvalue weighted by Gasteiger charge is 2.18. The second-order valence-electron chi connectivity index (χ2n) is 9.16. The zero-order valence-electron chi connectivity index (χ0n) is 20.2. The van der Waals surface area contributed by atoms with Gasteiger partial charge in [-0.1, -0.05) is 24.3 Å². The molecular weight excluding hydrogens is 440 g/mol. The van der Waals surface area contributed by atoms with E-state index in [0.717, 1.165) is 58.5 Å². The van der Waals surface area contributed by atoms with E-state index in [1.54, 1.807) is 0 Å². The minimum absolute atomic E-state index is 0.257. The quantitative estimate of drug-likeness (QED) is 0.424. The molecule has 1 aromatic carbocycles. The number of nitrogen functional groups attached to an aromatic ring is 1. The van der Waals surface area contributed by atoms with Crippen LogP contribution in [0.1, 0.15) is 47.2 Å². The number of benzene rings is 1. The Labute approximate surface area is 204 Å². The number of piperidine rings is 1. The molecule has 3 aromatic heterocycles. The number of carbonyl (C=O) groups excluding carboxylic acids is 1. The Balaban J connectivity index is 1.28. The number of nitrogens with two attached hydrogens (primary N) is 1. The Kier molecular flexibility index (Phi) is 6.31. The number of aryl methyl sites for hydroxylation is 2. The molecule has 1 aliphatic rings. The summed E-state index contributed by atoms with van der Waals surface area (Å²) >= 11 is 0. The normalized spacial score (nSPS) is 14.0. The molecule has 3 N–H and O–H groups in total. The van der Waals surface area contributed by atoms with Crippen LogP contribution in [-0.4, -0.2) is 42.1 Å². The lowest BCUT2D eigenvalue weighted by Gasteiger charge is -2.26. The highest BCUT2D eigenvalue weighted by molar-refractivity contribution is 5.85. The van der Waals surface area contributed by atoms with E-state index in [9.17, 15) is 4.79 Å². The number of amides is 1. The standard InChI is InChI=1S/C26H30N8O/c1-17-11-23(27)31-18(2)21(17)12-28-25-22-15-34(32-26(22)30-16-29-25)14-20-8-6-19(7-9-20)13-33-10-4-3-5-24(33)35/h6-9,11,15-16H,3-5,10,12-14H2,1-2H3,(H2,27,31)(H,28,29,30,32). The molecule has 1 aliphatic heterocycles. The number of anilines is 2. The Hall–Kier alpha value is -4.01. The van der Waals surface area contributed by atoms with Gasteiger partial charge in [0.15, 0.2) is 5.65 Å². The number of rotatable bonds is 7. The number of carbonyl (C=O) groups is 1. The predicted octanol–water partition coefficient (Wildman–Crippen LogP) is 3.59. The summed E-state index contributed by atoms with van der Waals surface area (Å²) in [6.07, 6.45) is 6.26. The van der Waals surface area contributed by atoms with E-state index in [0.29, 0.717) is 37.5 Å². The fourth-order valence-electron chi connectivity index (χ4n) is 4.62. The lowest BCUT2D eigenvalue weighted by molar-refractivity contribution is -0.133. The number of fused-ring (bicyclic) bond motifs is 1. The molecule has 1 amide bonds. The van der Waals surface area contributed by atoms with Crippen LogP contribution in [-0.2, 0) is 24.4 Å². The number of nitrogens with zero attached hydrogens (tertiary/aromatic N) is 6. The summed E-state index contributed by atoms with van der Waals surface area (Å²) in [5.74, 6) is 1.52. The van der Waals surface area contributed by atoms with Gasteiger partial charge in [0.2, 0.25) is 5.91 Å². The smallest absolute Gasteiger partial charge is 0.222 e. The minimum atomic E-state index is 0.257. The first-order chi connectivity index (χ1) is 17.0. The average Bonchev–Trinajstić information content (AvgIpc) is 3.24. The molecule has 0 unspecified atom stereocenters. The zero-order valence-corrected chi connectivity index (χ0v) is 20.2. The van der Waals surface area contributed by atoms with E-state index in [1.165, 1.54) is 6.33 Å². The van der Waals surface area contributed by atoms with Gasteiger partial charge in [-0.15, -0.1) is 0 Å². The topological polar surface area (TPSA) is 115 Å². The second-order valence-corrected chi connectivity index (χ2v) is 9.16. The Morgan fingerprint density at radius 2 is 1.83 bits per heavy atom. The summed E-state index contributed by atoms with van der Waals surface area (Å²) < 4.78 is 1.88. The van der Waals surface area contributed by atoms with Gasteiger partial charge in [-0.3, -0.25) is 9.48 Å². The third-order valence-corrected chi connectivity index (χ3v) is 6.53. The summed E-state index contributed by atoms with van der Waals surface area (Å²) in [6, 6.07) is 10.3. The third kappa shape index (κ3) is 5.08. The van der Waals surface area contributed by atoms with E-state index in [-0.39, 0.29) is 5.91 Å². The maximum Gasteiger partial charge on any atom is 0.222 e. The lowest BCUT2D eigenvalue weighted by Crippen LogP contribution is -2.34. The molecule has 9 nitrogen and oxygen atoms in total. The Morgan fingerprint density at radius 3 is 2.57 bits per heavy atom. The molecule has 180 valence electrons. The fourth-order valence-corrected chi connectivity index (χ4v) is 4.62. The number of pyridine rings is 1. The lowest BCUT2D eigenvalue weighted by atomic mass is 10.1. The van der Waals surface area contributed by atoms with Crippen molar-refractivity contribution in [3.8, 4) is 0 Å². The van der Waals surface area contributed by atoms with E-state index in [4.69, 9.17) is 5.73 Å². The SMILES string of the molecule is Cc1cc(N)nc(C)c1CNc1ncnc2nn(Cc3ccc(CN4CCCCC4=O)cc3)cc12. The van der Waals surface area contributed by atoms with Crippen LogP contribution in [0, 0.1) is 13.8 Å². The molecule has 0 bridgehead atoms. The number of aromatic nitrogens is 5. The summed E-state index contributed by atoms with van der Waals surface area (Å²) in [5.41, 5.74) is 11.9. The molecule has 0 atom stereocenters. The molecule has 0 saturated carbocycles. The highest BCUT2D eigenvalue weighted by atomic mass is 16.2. The van der Waals surface area contributed by atoms with Gasteiger partial charge in [-0.2, -0.15) is 5.10 Å². The molecule has 0 radical (unpaired) electrons. The maximum absolute atomic E-state index is 12.1. The van der Waals surface area contributed by atoms with Crippen molar-refractivity contribution in [2.75, 3.05) is 17.6 Å². The van der Waals surface area contributed by atoms with Gasteiger partial charge in [0, 0.05) is 37.9 Å². The largest absolute Gasteiger partial charge is 0.384 e. The minimum Gasteiger partial charge on any atom is -0.384 e. The molecule has 4 heterocycles. The first-order valence-electron chi connectivity index (χ1n) is 12.0. The van der Waals surface area contributed by atoms with Crippen molar-refractivity contribution in [3.63, 3.8) is 0 Å². The van der Waals surface area contributed by atoms with E-state index < -0.39 is 0 Å². The summed E-state index contributed by atoms with van der Waals surface area (Å²) in [4.78, 5) is 27.2. The van der Waals surface area contributed by atoms with Crippen LogP contribution in [0.25, 0.3) is 11.0 Å². The van der Waals surface area contributed by atoms with E-state index in [1.807, 2.05) is 35.7 Å². The second kappa shape index (κ2) is 9.69. The molecule has 9 heteroatoms. The van der Waals surface area contributed by atoms with Crippen LogP contribution in [0.2, 0.25) is 0 Å². The first-order valence-corrected chi connectivity index (χ1v) is 12.0. The Morgan fingerprint density at radius 1 is 1.06 bits per heavy atom. The van der Waals surface area contributed by atoms with Crippen LogP contribution in [0.5, 0.6) is 0 Å². The summed E-state index contributed by atoms with van der Waals surface area (Å²) in [5, 5.41) is 8.92. The van der Waals surface area contributed by atoms with Gasteiger partial charge in [-0.25, -0.2) is 15.0 Å². The number of hydrogen-bond acceptors (Lipinski definition) is 7. The maximum atomic E-state index is 12.1. The molecule has 4 aromatic rings. The number of likely N-dealkylation sites (tertiary alicyclic amines) is 1. The van der Waals surface area contributed by atoms with Gasteiger partial charge in [0.1, 0.15) is 18.0 Å². The molecule has 35 heavy (non-hydrogen) atoms. The van der Waals surface area contributed by atoms with Gasteiger partial charge in [-0.05, 0) is 55.0 Å². The van der Waals surface area contributed by atoms with Crippen LogP contribution >= 0.6 is 0 Å². The molecular formula is C26H30N8O. The van der Waals surface area contributed by atoms with Crippen molar-refractivity contribution >= 4 is 28.6 Å². The molecule has 1 saturated heterocycles. The molecule has 0 spiro atoms. The van der Waals surface area contributed by atoms with Crippen molar-refractivity contribution in [3.05, 3.63) is 70.8 Å². The van der Waals surface area contributed by atoms with E-state index >= 15 is 0 Å². The zero-order chi connectivity index (χ0) is 24.4. The summed E-state index contributed by atoms with van der Waals surface area (Å²) in [7, 11) is 0. The number of hydrogen-bond donors (Lipinski definition) is 2. The van der Waals surface area contributed by atoms with Gasteiger partial charge < -0.3 is 16.0 Å². The monoisotopic (exact) mass is 470 g/mol.